The Bertz CT molecular complexity index is 1100. The van der Waals surface area contributed by atoms with Crippen molar-refractivity contribution in [3.63, 3.8) is 0 Å². The van der Waals surface area contributed by atoms with E-state index in [1.807, 2.05) is 6.92 Å². The zero-order valence-electron chi connectivity index (χ0n) is 14.9. The zero-order chi connectivity index (χ0) is 20.0. The van der Waals surface area contributed by atoms with Crippen molar-refractivity contribution in [3.05, 3.63) is 43.5 Å². The van der Waals surface area contributed by atoms with Crippen LogP contribution in [0.25, 0.3) is 10.2 Å². The van der Waals surface area contributed by atoms with E-state index in [-0.39, 0.29) is 10.7 Å². The third kappa shape index (κ3) is 3.34. The second kappa shape index (κ2) is 7.01. The van der Waals surface area contributed by atoms with Crippen LogP contribution in [0.3, 0.4) is 0 Å². The predicted molar refractivity (Wildman–Crippen MR) is 99.4 cm³/mol. The highest BCUT2D eigenvalue weighted by Gasteiger charge is 2.26. The van der Waals surface area contributed by atoms with Crippen LogP contribution < -0.4 is 11.0 Å². The van der Waals surface area contributed by atoms with Crippen LogP contribution in [0.5, 0.6) is 0 Å². The van der Waals surface area contributed by atoms with Crippen molar-refractivity contribution < 1.29 is 13.6 Å². The molecule has 0 aliphatic carbocycles. The number of halogens is 3. The Labute approximate surface area is 161 Å². The van der Waals surface area contributed by atoms with Crippen LogP contribution in [0.4, 0.5) is 8.78 Å². The molecule has 27 heavy (non-hydrogen) atoms. The summed E-state index contributed by atoms with van der Waals surface area (Å²) < 4.78 is 28.1. The summed E-state index contributed by atoms with van der Waals surface area (Å²) in [6, 6.07) is 0.730. The van der Waals surface area contributed by atoms with E-state index in [1.54, 1.807) is 13.0 Å². The molecular formula is C16H16ClF2N5O2S. The number of alkyl halides is 2. The normalized spacial score (nSPS) is 12.7. The summed E-state index contributed by atoms with van der Waals surface area (Å²) in [5.41, 5.74) is 1.72. The van der Waals surface area contributed by atoms with E-state index in [1.165, 1.54) is 25.2 Å². The van der Waals surface area contributed by atoms with Crippen LogP contribution in [0.1, 0.15) is 41.5 Å². The Morgan fingerprint density at radius 2 is 2.00 bits per heavy atom. The maximum absolute atomic E-state index is 13.0. The molecule has 1 amide bonds. The fourth-order valence-corrected chi connectivity index (χ4v) is 3.81. The van der Waals surface area contributed by atoms with Crippen LogP contribution in [0.2, 0.25) is 5.02 Å². The smallest absolute Gasteiger partial charge is 0.271 e. The molecule has 0 fully saturated rings. The average molecular weight is 416 g/mol. The van der Waals surface area contributed by atoms with Gasteiger partial charge in [0.1, 0.15) is 22.4 Å². The Balaban J connectivity index is 1.95. The third-order valence-electron chi connectivity index (χ3n) is 4.13. The first kappa shape index (κ1) is 19.4. The maximum Gasteiger partial charge on any atom is 0.283 e. The van der Waals surface area contributed by atoms with Crippen LogP contribution in [0, 0.1) is 20.8 Å². The summed E-state index contributed by atoms with van der Waals surface area (Å²) in [5.74, 6) is -0.310. The number of aromatic nitrogens is 4. The molecule has 0 saturated carbocycles. The van der Waals surface area contributed by atoms with Crippen molar-refractivity contribution in [2.75, 3.05) is 5.43 Å². The van der Waals surface area contributed by atoms with Gasteiger partial charge in [0.05, 0.1) is 16.1 Å². The van der Waals surface area contributed by atoms with Crippen LogP contribution in [-0.2, 0) is 4.79 Å². The first-order valence-corrected chi connectivity index (χ1v) is 9.14. The first-order valence-electron chi connectivity index (χ1n) is 7.95. The molecule has 144 valence electrons. The SMILES string of the molecule is Cc1cc2c(=O)n(NC(=O)[C@H](C)n3nc(C(F)F)c(Cl)c3C)c(C)nc2s1. The lowest BCUT2D eigenvalue weighted by Crippen LogP contribution is -2.38. The van der Waals surface area contributed by atoms with Crippen molar-refractivity contribution in [3.8, 4) is 0 Å². The van der Waals surface area contributed by atoms with Crippen LogP contribution in [0.15, 0.2) is 10.9 Å². The van der Waals surface area contributed by atoms with Crippen molar-refractivity contribution >= 4 is 39.1 Å². The van der Waals surface area contributed by atoms with Gasteiger partial charge >= 0.3 is 0 Å². The predicted octanol–water partition coefficient (Wildman–Crippen LogP) is 3.50. The van der Waals surface area contributed by atoms with Gasteiger partial charge in [-0.3, -0.25) is 19.7 Å². The minimum Gasteiger partial charge on any atom is -0.271 e. The number of carbonyl (C=O) groups excluding carboxylic acids is 1. The van der Waals surface area contributed by atoms with Crippen molar-refractivity contribution in [2.24, 2.45) is 0 Å². The summed E-state index contributed by atoms with van der Waals surface area (Å²) in [6.07, 6.45) is -2.86. The van der Waals surface area contributed by atoms with Gasteiger partial charge in [-0.05, 0) is 33.8 Å². The number of carbonyl (C=O) groups is 1. The summed E-state index contributed by atoms with van der Waals surface area (Å²) >= 11 is 7.26. The zero-order valence-corrected chi connectivity index (χ0v) is 16.5. The third-order valence-corrected chi connectivity index (χ3v) is 5.54. The van der Waals surface area contributed by atoms with Crippen LogP contribution >= 0.6 is 22.9 Å². The molecule has 3 aromatic heterocycles. The molecule has 0 radical (unpaired) electrons. The number of hydrogen-bond donors (Lipinski definition) is 1. The Morgan fingerprint density at radius 1 is 1.33 bits per heavy atom. The van der Waals surface area contributed by atoms with E-state index < -0.39 is 29.6 Å². The van der Waals surface area contributed by atoms with Crippen LogP contribution in [-0.4, -0.2) is 25.3 Å². The molecule has 0 aliphatic heterocycles. The lowest BCUT2D eigenvalue weighted by molar-refractivity contribution is -0.120. The molecule has 1 atom stereocenters. The van der Waals surface area contributed by atoms with Gasteiger partial charge in [0.2, 0.25) is 0 Å². The van der Waals surface area contributed by atoms with E-state index in [0.717, 1.165) is 14.2 Å². The number of rotatable bonds is 4. The monoisotopic (exact) mass is 415 g/mol. The van der Waals surface area contributed by atoms with E-state index in [2.05, 4.69) is 15.5 Å². The fourth-order valence-electron chi connectivity index (χ4n) is 2.69. The highest BCUT2D eigenvalue weighted by molar-refractivity contribution is 7.18. The minimum absolute atomic E-state index is 0.185. The quantitative estimate of drug-likeness (QED) is 0.707. The average Bonchev–Trinajstić information content (AvgIpc) is 3.11. The second-order valence-corrected chi connectivity index (χ2v) is 7.67. The number of fused-ring (bicyclic) bond motifs is 1. The molecule has 0 aromatic carbocycles. The number of amides is 1. The molecule has 0 aliphatic rings. The first-order chi connectivity index (χ1) is 12.6. The van der Waals surface area contributed by atoms with E-state index in [4.69, 9.17) is 11.6 Å². The highest BCUT2D eigenvalue weighted by atomic mass is 35.5. The van der Waals surface area contributed by atoms with Crippen molar-refractivity contribution in [1.29, 1.82) is 0 Å². The summed E-state index contributed by atoms with van der Waals surface area (Å²) in [5, 5.41) is 3.95. The van der Waals surface area contributed by atoms with E-state index in [9.17, 15) is 18.4 Å². The van der Waals surface area contributed by atoms with Crippen molar-refractivity contribution in [2.45, 2.75) is 40.2 Å². The van der Waals surface area contributed by atoms with Gasteiger partial charge in [0.25, 0.3) is 17.9 Å². The van der Waals surface area contributed by atoms with Gasteiger partial charge in [-0.25, -0.2) is 18.4 Å². The Kier molecular flexibility index (Phi) is 5.04. The molecular weight excluding hydrogens is 400 g/mol. The molecule has 11 heteroatoms. The fraction of sp³-hybridized carbons (Fsp3) is 0.375. The number of nitrogens with one attached hydrogen (secondary N) is 1. The summed E-state index contributed by atoms with van der Waals surface area (Å²) in [6.45, 7) is 6.41. The number of thiophene rings is 1. The standard InChI is InChI=1S/C16H16ClF2N5O2S/c1-6-5-10-15(27-6)20-9(4)24(16(10)26)22-14(25)8(3)23-7(2)11(17)12(21-23)13(18)19/h5,8,13H,1-4H3,(H,22,25)/t8-/m0/s1. The second-order valence-electron chi connectivity index (χ2n) is 6.06. The molecule has 1 N–H and O–H groups in total. The van der Waals surface area contributed by atoms with Gasteiger partial charge in [-0.15, -0.1) is 11.3 Å². The largest absolute Gasteiger partial charge is 0.283 e. The number of nitrogens with zero attached hydrogens (tertiary/aromatic N) is 4. The molecule has 0 unspecified atom stereocenters. The lowest BCUT2D eigenvalue weighted by Gasteiger charge is -2.16. The van der Waals surface area contributed by atoms with Gasteiger partial charge in [0, 0.05) is 4.88 Å². The maximum atomic E-state index is 13.0. The topological polar surface area (TPSA) is 81.8 Å². The Hall–Kier alpha value is -2.33. The van der Waals surface area contributed by atoms with Gasteiger partial charge in [0.15, 0.2) is 0 Å². The number of hydrogen-bond acceptors (Lipinski definition) is 5. The molecule has 3 rings (SSSR count). The molecule has 3 aromatic rings. The lowest BCUT2D eigenvalue weighted by atomic mass is 10.3. The van der Waals surface area contributed by atoms with Gasteiger partial charge in [-0.2, -0.15) is 5.10 Å². The number of aryl methyl sites for hydroxylation is 2. The molecule has 7 nitrogen and oxygen atoms in total. The Morgan fingerprint density at radius 3 is 2.59 bits per heavy atom. The minimum atomic E-state index is -2.86. The molecule has 3 heterocycles. The van der Waals surface area contributed by atoms with Gasteiger partial charge < -0.3 is 0 Å². The summed E-state index contributed by atoms with van der Waals surface area (Å²) in [4.78, 5) is 31.1. The highest BCUT2D eigenvalue weighted by Crippen LogP contribution is 2.30. The molecule has 0 saturated heterocycles. The van der Waals surface area contributed by atoms with Crippen molar-refractivity contribution in [1.82, 2.24) is 19.4 Å². The van der Waals surface area contributed by atoms with E-state index in [0.29, 0.717) is 16.0 Å². The van der Waals surface area contributed by atoms with Gasteiger partial charge in [-0.1, -0.05) is 11.6 Å². The van der Waals surface area contributed by atoms with E-state index >= 15 is 0 Å². The molecule has 0 bridgehead atoms. The summed E-state index contributed by atoms with van der Waals surface area (Å²) in [7, 11) is 0. The molecule has 0 spiro atoms.